The van der Waals surface area contributed by atoms with Gasteiger partial charge in [-0.05, 0) is 12.3 Å². The van der Waals surface area contributed by atoms with Crippen LogP contribution in [0.2, 0.25) is 0 Å². The van der Waals surface area contributed by atoms with Gasteiger partial charge in [-0.15, -0.1) is 0 Å². The fourth-order valence-electron chi connectivity index (χ4n) is 1.91. The molecule has 5 heteroatoms. The predicted octanol–water partition coefficient (Wildman–Crippen LogP) is 1.53. The molecule has 1 saturated heterocycles. The van der Waals surface area contributed by atoms with E-state index >= 15 is 0 Å². The third-order valence-electron chi connectivity index (χ3n) is 2.84. The zero-order valence-electron chi connectivity index (χ0n) is 9.94. The van der Waals surface area contributed by atoms with E-state index in [0.29, 0.717) is 17.7 Å². The van der Waals surface area contributed by atoms with E-state index in [1.54, 1.807) is 4.90 Å². The molecule has 4 nitrogen and oxygen atoms in total. The quantitative estimate of drug-likeness (QED) is 0.762. The van der Waals surface area contributed by atoms with Gasteiger partial charge in [0.15, 0.2) is 11.6 Å². The molecule has 0 aromatic carbocycles. The second-order valence-electron chi connectivity index (χ2n) is 4.58. The van der Waals surface area contributed by atoms with Crippen LogP contribution >= 0.6 is 0 Å². The molecule has 0 aliphatic carbocycles. The Bertz CT molecular complexity index is 380. The Balaban J connectivity index is 2.28. The molecule has 16 heavy (non-hydrogen) atoms. The van der Waals surface area contributed by atoms with Gasteiger partial charge in [0.05, 0.1) is 6.20 Å². The highest BCUT2D eigenvalue weighted by Crippen LogP contribution is 2.24. The molecule has 0 radical (unpaired) electrons. The van der Waals surface area contributed by atoms with E-state index in [1.165, 1.54) is 6.20 Å². The summed E-state index contributed by atoms with van der Waals surface area (Å²) >= 11 is 0. The normalized spacial score (nSPS) is 20.2. The molecule has 2 rings (SSSR count). The summed E-state index contributed by atoms with van der Waals surface area (Å²) in [7, 11) is 3.70. The van der Waals surface area contributed by atoms with Crippen molar-refractivity contribution in [2.45, 2.75) is 13.3 Å². The Morgan fingerprint density at radius 1 is 1.50 bits per heavy atom. The summed E-state index contributed by atoms with van der Waals surface area (Å²) in [5, 5.41) is 0. The van der Waals surface area contributed by atoms with Crippen molar-refractivity contribution >= 4 is 11.8 Å². The van der Waals surface area contributed by atoms with E-state index in [9.17, 15) is 4.39 Å². The molecule has 1 aromatic heterocycles. The van der Waals surface area contributed by atoms with Crippen molar-refractivity contribution < 1.29 is 4.39 Å². The third kappa shape index (κ3) is 2.08. The van der Waals surface area contributed by atoms with Gasteiger partial charge in [-0.1, -0.05) is 6.92 Å². The standard InChI is InChI=1S/C11H17FN4/c1-8-4-5-16(7-8)10-9(12)6-13-11(14-10)15(2)3/h6,8H,4-5,7H2,1-3H3. The zero-order valence-corrected chi connectivity index (χ0v) is 9.94. The number of hydrogen-bond acceptors (Lipinski definition) is 4. The lowest BCUT2D eigenvalue weighted by Crippen LogP contribution is -2.23. The molecular weight excluding hydrogens is 207 g/mol. The van der Waals surface area contributed by atoms with E-state index in [0.717, 1.165) is 19.5 Å². The molecule has 0 N–H and O–H groups in total. The minimum atomic E-state index is -0.334. The Hall–Kier alpha value is -1.39. The van der Waals surface area contributed by atoms with Crippen LogP contribution in [0.5, 0.6) is 0 Å². The number of halogens is 1. The predicted molar refractivity (Wildman–Crippen MR) is 62.3 cm³/mol. The molecule has 1 unspecified atom stereocenters. The van der Waals surface area contributed by atoms with Crippen LogP contribution in [0.15, 0.2) is 6.20 Å². The molecule has 1 fully saturated rings. The highest BCUT2D eigenvalue weighted by Gasteiger charge is 2.23. The number of hydrogen-bond donors (Lipinski definition) is 0. The maximum Gasteiger partial charge on any atom is 0.226 e. The molecule has 1 atom stereocenters. The topological polar surface area (TPSA) is 32.3 Å². The van der Waals surface area contributed by atoms with Crippen molar-refractivity contribution in [3.05, 3.63) is 12.0 Å². The monoisotopic (exact) mass is 224 g/mol. The van der Waals surface area contributed by atoms with Gasteiger partial charge in [0.25, 0.3) is 0 Å². The number of aromatic nitrogens is 2. The highest BCUT2D eigenvalue weighted by molar-refractivity contribution is 5.45. The fourth-order valence-corrected chi connectivity index (χ4v) is 1.91. The summed E-state index contributed by atoms with van der Waals surface area (Å²) in [5.41, 5.74) is 0. The van der Waals surface area contributed by atoms with Crippen LogP contribution in [0.1, 0.15) is 13.3 Å². The van der Waals surface area contributed by atoms with Gasteiger partial charge in [0.2, 0.25) is 5.95 Å². The Morgan fingerprint density at radius 2 is 2.25 bits per heavy atom. The lowest BCUT2D eigenvalue weighted by molar-refractivity contribution is 0.604. The van der Waals surface area contributed by atoms with E-state index < -0.39 is 0 Å². The maximum atomic E-state index is 13.6. The summed E-state index contributed by atoms with van der Waals surface area (Å²) in [6, 6.07) is 0. The van der Waals surface area contributed by atoms with Gasteiger partial charge >= 0.3 is 0 Å². The summed E-state index contributed by atoms with van der Waals surface area (Å²) in [6.45, 7) is 3.93. The van der Waals surface area contributed by atoms with E-state index in [2.05, 4.69) is 16.9 Å². The Kier molecular flexibility index (Phi) is 2.94. The van der Waals surface area contributed by atoms with Crippen molar-refractivity contribution in [3.63, 3.8) is 0 Å². The van der Waals surface area contributed by atoms with Gasteiger partial charge in [0, 0.05) is 27.2 Å². The molecule has 0 bridgehead atoms. The SMILES string of the molecule is CC1CCN(c2nc(N(C)C)ncc2F)C1. The number of rotatable bonds is 2. The smallest absolute Gasteiger partial charge is 0.226 e. The van der Waals surface area contributed by atoms with Crippen LogP contribution in [0.25, 0.3) is 0 Å². The van der Waals surface area contributed by atoms with Gasteiger partial charge in [-0.25, -0.2) is 9.37 Å². The fraction of sp³-hybridized carbons (Fsp3) is 0.636. The first-order valence-electron chi connectivity index (χ1n) is 5.52. The minimum absolute atomic E-state index is 0.334. The van der Waals surface area contributed by atoms with Crippen LogP contribution in [0, 0.1) is 11.7 Å². The van der Waals surface area contributed by atoms with Crippen molar-refractivity contribution in [1.29, 1.82) is 0 Å². The molecule has 0 spiro atoms. The second-order valence-corrected chi connectivity index (χ2v) is 4.58. The molecule has 88 valence electrons. The minimum Gasteiger partial charge on any atom is -0.354 e. The number of nitrogens with zero attached hydrogens (tertiary/aromatic N) is 4. The summed E-state index contributed by atoms with van der Waals surface area (Å²) < 4.78 is 13.6. The first-order valence-corrected chi connectivity index (χ1v) is 5.52. The van der Waals surface area contributed by atoms with Gasteiger partial charge < -0.3 is 9.80 Å². The Morgan fingerprint density at radius 3 is 2.81 bits per heavy atom. The maximum absolute atomic E-state index is 13.6. The van der Waals surface area contributed by atoms with Crippen LogP contribution < -0.4 is 9.80 Å². The van der Waals surface area contributed by atoms with Gasteiger partial charge in [-0.2, -0.15) is 4.98 Å². The molecule has 1 aliphatic rings. The summed E-state index contributed by atoms with van der Waals surface area (Å²) in [6.07, 6.45) is 2.35. The molecule has 1 aromatic rings. The van der Waals surface area contributed by atoms with Crippen LogP contribution in [0.4, 0.5) is 16.2 Å². The number of anilines is 2. The lowest BCUT2D eigenvalue weighted by Gasteiger charge is -2.19. The largest absolute Gasteiger partial charge is 0.354 e. The van der Waals surface area contributed by atoms with Gasteiger partial charge in [-0.3, -0.25) is 0 Å². The Labute approximate surface area is 95.1 Å². The summed E-state index contributed by atoms with van der Waals surface area (Å²) in [4.78, 5) is 12.0. The van der Waals surface area contributed by atoms with Crippen molar-refractivity contribution in [2.75, 3.05) is 37.0 Å². The van der Waals surface area contributed by atoms with Crippen molar-refractivity contribution in [2.24, 2.45) is 5.92 Å². The van der Waals surface area contributed by atoms with Gasteiger partial charge in [0.1, 0.15) is 0 Å². The average Bonchev–Trinajstić information content (AvgIpc) is 2.65. The molecular formula is C11H17FN4. The average molecular weight is 224 g/mol. The molecule has 0 saturated carbocycles. The van der Waals surface area contributed by atoms with Crippen LogP contribution in [-0.4, -0.2) is 37.2 Å². The molecule has 1 aliphatic heterocycles. The van der Waals surface area contributed by atoms with Crippen molar-refractivity contribution in [3.8, 4) is 0 Å². The van der Waals surface area contributed by atoms with Crippen LogP contribution in [0.3, 0.4) is 0 Å². The second kappa shape index (κ2) is 4.23. The highest BCUT2D eigenvalue weighted by atomic mass is 19.1. The third-order valence-corrected chi connectivity index (χ3v) is 2.84. The van der Waals surface area contributed by atoms with E-state index in [-0.39, 0.29) is 5.82 Å². The van der Waals surface area contributed by atoms with E-state index in [4.69, 9.17) is 0 Å². The first-order chi connectivity index (χ1) is 7.58. The van der Waals surface area contributed by atoms with E-state index in [1.807, 2.05) is 19.0 Å². The first kappa shape index (κ1) is 11.1. The zero-order chi connectivity index (χ0) is 11.7. The summed E-state index contributed by atoms with van der Waals surface area (Å²) in [5.74, 6) is 1.26. The lowest BCUT2D eigenvalue weighted by atomic mass is 10.2. The van der Waals surface area contributed by atoms with Crippen molar-refractivity contribution in [1.82, 2.24) is 9.97 Å². The molecule has 2 heterocycles. The van der Waals surface area contributed by atoms with Crippen LogP contribution in [-0.2, 0) is 0 Å². The molecule has 0 amide bonds.